The van der Waals surface area contributed by atoms with E-state index in [4.69, 9.17) is 7.55 Å². The van der Waals surface area contributed by atoms with Crippen LogP contribution < -0.4 is 0 Å². The molecule has 0 radical (unpaired) electrons. The van der Waals surface area contributed by atoms with Gasteiger partial charge in [-0.25, -0.2) is 0 Å². The summed E-state index contributed by atoms with van der Waals surface area (Å²) in [5.41, 5.74) is 1.45. The van der Waals surface area contributed by atoms with Crippen molar-refractivity contribution in [3.8, 4) is 0 Å². The van der Waals surface area contributed by atoms with E-state index in [1.165, 1.54) is 25.0 Å². The van der Waals surface area contributed by atoms with Gasteiger partial charge in [0.25, 0.3) is 0 Å². The fourth-order valence-corrected chi connectivity index (χ4v) is 2.36. The summed E-state index contributed by atoms with van der Waals surface area (Å²) in [6, 6.07) is 0. The van der Waals surface area contributed by atoms with Crippen LogP contribution in [-0.4, -0.2) is 15.4 Å². The monoisotopic (exact) mass is 249 g/mol. The third-order valence-electron chi connectivity index (χ3n) is 1.75. The Labute approximate surface area is 85.6 Å². The summed E-state index contributed by atoms with van der Waals surface area (Å²) in [6.07, 6.45) is 3.88. The summed E-state index contributed by atoms with van der Waals surface area (Å²) in [6.45, 7) is 5.65. The minimum atomic E-state index is -0.557. The van der Waals surface area contributed by atoms with Gasteiger partial charge in [0.05, 0.1) is 0 Å². The topological polar surface area (TPSA) is 26.3 Å². The van der Waals surface area contributed by atoms with E-state index in [-0.39, 0.29) is 0 Å². The predicted molar refractivity (Wildman–Crippen MR) is 42.6 cm³/mol. The molecule has 11 heavy (non-hydrogen) atoms. The fourth-order valence-electron chi connectivity index (χ4n) is 1.13. The van der Waals surface area contributed by atoms with E-state index in [0.717, 1.165) is 6.61 Å². The molecule has 0 aromatic rings. The van der Waals surface area contributed by atoms with Crippen molar-refractivity contribution >= 4 is 8.80 Å². The summed E-state index contributed by atoms with van der Waals surface area (Å²) in [5.74, 6) is 0. The first-order valence-electron chi connectivity index (χ1n) is 3.99. The van der Waals surface area contributed by atoms with E-state index < -0.39 is 8.80 Å². The summed E-state index contributed by atoms with van der Waals surface area (Å²) in [7, 11) is -0.557. The Morgan fingerprint density at radius 1 is 1.36 bits per heavy atom. The molecule has 1 fully saturated rings. The predicted octanol–water partition coefficient (Wildman–Crippen LogP) is 1.62. The second-order valence-corrected chi connectivity index (χ2v) is 5.88. The van der Waals surface area contributed by atoms with Gasteiger partial charge in [0.15, 0.2) is 0 Å². The molecule has 0 spiro atoms. The van der Waals surface area contributed by atoms with Crippen molar-refractivity contribution in [3.05, 3.63) is 5.73 Å². The first-order chi connectivity index (χ1) is 5.30. The van der Waals surface area contributed by atoms with Crippen LogP contribution in [0.2, 0.25) is 13.1 Å². The zero-order chi connectivity index (χ0) is 8.69. The second-order valence-electron chi connectivity index (χ2n) is 2.93. The van der Waals surface area contributed by atoms with E-state index in [1.807, 2.05) is 0 Å². The molecule has 1 aliphatic rings. The maximum atomic E-state index is 8.34. The normalized spacial score (nSPS) is 19.1. The molecule has 0 atom stereocenters. The van der Waals surface area contributed by atoms with Gasteiger partial charge in [-0.05, 0) is 6.42 Å². The van der Waals surface area contributed by atoms with Gasteiger partial charge < -0.3 is 4.74 Å². The number of ether oxygens (including phenoxy) is 1. The van der Waals surface area contributed by atoms with Gasteiger partial charge in [-0.2, -0.15) is 12.1 Å². The summed E-state index contributed by atoms with van der Waals surface area (Å²) < 4.78 is 13.9. The number of hydrogen-bond acceptors (Lipinski definition) is 2. The molecule has 0 saturated carbocycles. The molecule has 0 N–H and O–H groups in total. The first-order valence-corrected chi connectivity index (χ1v) is 7.88. The average molecular weight is 251 g/mol. The van der Waals surface area contributed by atoms with Crippen LogP contribution in [0.25, 0.3) is 0 Å². The van der Waals surface area contributed by atoms with Crippen LogP contribution in [0.1, 0.15) is 19.3 Å². The zero-order valence-electron chi connectivity index (χ0n) is 7.22. The van der Waals surface area contributed by atoms with Crippen molar-refractivity contribution in [2.75, 3.05) is 6.61 Å². The maximum absolute atomic E-state index is 8.34. The summed E-state index contributed by atoms with van der Waals surface area (Å²) in [5, 5.41) is 0. The van der Waals surface area contributed by atoms with Gasteiger partial charge in [0, 0.05) is 6.61 Å². The van der Waals surface area contributed by atoms with Gasteiger partial charge in [-0.1, -0.05) is 28.3 Å². The quantitative estimate of drug-likeness (QED) is 0.522. The van der Waals surface area contributed by atoms with Crippen LogP contribution in [0.15, 0.2) is 0 Å². The molecule has 0 unspecified atom stereocenters. The second kappa shape index (κ2) is 7.51. The molecule has 0 bridgehead atoms. The first kappa shape index (κ1) is 11.9. The minimum absolute atomic E-state index is 0.300. The molecule has 1 rings (SSSR count). The summed E-state index contributed by atoms with van der Waals surface area (Å²) in [4.78, 5) is 0. The van der Waals surface area contributed by atoms with Crippen LogP contribution in [-0.2, 0) is 32.3 Å². The zero-order valence-corrected chi connectivity index (χ0v) is 10.8. The molecule has 1 aliphatic heterocycles. The van der Waals surface area contributed by atoms with Gasteiger partial charge in [0.2, 0.25) is 0 Å². The van der Waals surface area contributed by atoms with Crippen LogP contribution in [0, 0.1) is 5.73 Å². The molecular weight excluding hydrogens is 235 g/mol. The Morgan fingerprint density at radius 3 is 2.27 bits per heavy atom. The third kappa shape index (κ3) is 5.15. The van der Waals surface area contributed by atoms with Crippen molar-refractivity contribution < 1.29 is 32.3 Å². The molecule has 64 valence electrons. The van der Waals surface area contributed by atoms with Crippen molar-refractivity contribution in [2.45, 2.75) is 32.4 Å². The fraction of sp³-hybridized carbons (Fsp3) is 0.857. The number of hydrogen-bond donors (Lipinski definition) is 0. The van der Waals surface area contributed by atoms with E-state index in [9.17, 15) is 0 Å². The van der Waals surface area contributed by atoms with E-state index in [0.29, 0.717) is 24.7 Å². The Kier molecular flexibility index (Phi) is 8.09. The Morgan fingerprint density at radius 2 is 2.00 bits per heavy atom. The Bertz CT molecular complexity index is 94.4. The van der Waals surface area contributed by atoms with Crippen molar-refractivity contribution in [3.63, 3.8) is 0 Å². The van der Waals surface area contributed by atoms with E-state index in [2.05, 4.69) is 13.1 Å². The van der Waals surface area contributed by atoms with Gasteiger partial charge >= 0.3 is 27.5 Å². The molecule has 4 heteroatoms. The summed E-state index contributed by atoms with van der Waals surface area (Å²) >= 11 is 0.300. The SMILES string of the molecule is C[SiH](C)[C-]1CCCCO1.[O]=[Zr]. The van der Waals surface area contributed by atoms with Crippen LogP contribution >= 0.6 is 0 Å². The third-order valence-corrected chi connectivity index (χ3v) is 3.49. The molecule has 2 nitrogen and oxygen atoms in total. The molecular formula is C7H15O2SiZr-. The molecule has 1 heterocycles. The Balaban J connectivity index is 0.000000461. The average Bonchev–Trinajstić information content (AvgIpc) is 2.10. The van der Waals surface area contributed by atoms with Gasteiger partial charge in [-0.15, -0.1) is 0 Å². The molecule has 0 amide bonds. The van der Waals surface area contributed by atoms with E-state index in [1.54, 1.807) is 0 Å². The Hall–Kier alpha value is 0.860. The molecule has 0 aliphatic carbocycles. The molecule has 0 aromatic carbocycles. The number of rotatable bonds is 1. The van der Waals surface area contributed by atoms with Crippen LogP contribution in [0.4, 0.5) is 0 Å². The molecule has 0 aromatic heterocycles. The van der Waals surface area contributed by atoms with Crippen molar-refractivity contribution in [1.82, 2.24) is 0 Å². The van der Waals surface area contributed by atoms with Crippen LogP contribution in [0.3, 0.4) is 0 Å². The molecule has 1 saturated heterocycles. The standard InChI is InChI=1S/C7H15OSi.O.Zr/c1-9(2)7-5-3-4-6-8-7;;/h9H,3-6H2,1-2H3;;/q-1;;. The van der Waals surface area contributed by atoms with Crippen molar-refractivity contribution in [1.29, 1.82) is 0 Å². The van der Waals surface area contributed by atoms with Gasteiger partial charge in [-0.3, -0.25) is 0 Å². The van der Waals surface area contributed by atoms with E-state index >= 15 is 0 Å². The van der Waals surface area contributed by atoms with Crippen molar-refractivity contribution in [2.24, 2.45) is 0 Å². The van der Waals surface area contributed by atoms with Gasteiger partial charge in [0.1, 0.15) is 0 Å². The van der Waals surface area contributed by atoms with Crippen LogP contribution in [0.5, 0.6) is 0 Å².